The second-order valence-electron chi connectivity index (χ2n) is 1.73. The van der Waals surface area contributed by atoms with Gasteiger partial charge in [0, 0.05) is 0 Å². The molecule has 0 saturated heterocycles. The van der Waals surface area contributed by atoms with Crippen LogP contribution in [0.3, 0.4) is 0 Å². The van der Waals surface area contributed by atoms with Crippen molar-refractivity contribution in [1.29, 1.82) is 0 Å². The first-order valence-corrected chi connectivity index (χ1v) is 9.00. The molecule has 0 atom stereocenters. The van der Waals surface area contributed by atoms with Crippen LogP contribution >= 0.6 is 0 Å². The Hall–Kier alpha value is 0.636. The average Bonchev–Trinajstić information content (AvgIpc) is 0.811. The van der Waals surface area contributed by atoms with Gasteiger partial charge < -0.3 is 0 Å². The summed E-state index contributed by atoms with van der Waals surface area (Å²) in [4.78, 5) is 0. The zero-order valence-corrected chi connectivity index (χ0v) is 6.00. The fourth-order valence-corrected chi connectivity index (χ4v) is 0. The first kappa shape index (κ1) is 4.64. The summed E-state index contributed by atoms with van der Waals surface area (Å²) >= 11 is -0.479. The molecular formula is C3H9Ga. The normalized spacial score (nSPS) is 6.75. The maximum atomic E-state index is 2.35. The molecule has 0 aliphatic carbocycles. The Kier molecular flexibility index (Phi) is 2.22. The quantitative estimate of drug-likeness (QED) is 0.363. The Morgan fingerprint density at radius 3 is 1.00 bits per heavy atom. The minimum atomic E-state index is -0.479. The predicted octanol–water partition coefficient (Wildman–Crippen LogP) is 1.37. The van der Waals surface area contributed by atoms with Crippen LogP contribution in [0.2, 0.25) is 16.4 Å². The Labute approximate surface area is 33.2 Å². The molecule has 4 heavy (non-hydrogen) atoms. The molecule has 0 aliphatic rings. The maximum absolute atomic E-state index is 2.35. The molecule has 0 saturated carbocycles. The Morgan fingerprint density at radius 2 is 1.00 bits per heavy atom. The third-order valence-electron chi connectivity index (χ3n) is 0. The molecule has 0 fully saturated rings. The zero-order chi connectivity index (χ0) is 3.58. The SMILES string of the molecule is [CH3][3Ga]([CH3])[CH3]. The van der Waals surface area contributed by atoms with Gasteiger partial charge in [-0.2, -0.15) is 0 Å². The van der Waals surface area contributed by atoms with Crippen LogP contribution in [0.15, 0.2) is 0 Å². The van der Waals surface area contributed by atoms with E-state index in [9.17, 15) is 0 Å². The number of hydrogen-bond acceptors (Lipinski definition) is 0. The monoisotopic (exact) mass is 48.1 g/mol. The Bertz CT molecular complexity index is 8.00. The van der Waals surface area contributed by atoms with Crippen molar-refractivity contribution in [2.75, 3.05) is 0 Å². The molecule has 0 heterocycles. The summed E-state index contributed by atoms with van der Waals surface area (Å²) in [7, 11) is 0. The first-order valence-electron chi connectivity index (χ1n) is 1.73. The van der Waals surface area contributed by atoms with Gasteiger partial charge in [0.05, 0.1) is 0 Å². The van der Waals surface area contributed by atoms with E-state index in [2.05, 4.69) is 16.4 Å². The molecule has 0 aromatic carbocycles. The van der Waals surface area contributed by atoms with Gasteiger partial charge in [0.15, 0.2) is 0 Å². The van der Waals surface area contributed by atoms with Gasteiger partial charge in [0.25, 0.3) is 0 Å². The van der Waals surface area contributed by atoms with Gasteiger partial charge in [-0.3, -0.25) is 0 Å². The van der Waals surface area contributed by atoms with Crippen molar-refractivity contribution < 1.29 is 0 Å². The van der Waals surface area contributed by atoms with Crippen LogP contribution in [-0.4, -0.2) is 16.2 Å². The summed E-state index contributed by atoms with van der Waals surface area (Å²) in [6.07, 6.45) is 0. The van der Waals surface area contributed by atoms with Gasteiger partial charge in [0.1, 0.15) is 0 Å². The molecule has 0 N–H and O–H groups in total. The summed E-state index contributed by atoms with van der Waals surface area (Å²) in [5, 5.41) is 0. The fourth-order valence-electron chi connectivity index (χ4n) is 0. The van der Waals surface area contributed by atoms with Gasteiger partial charge in [-0.1, -0.05) is 0 Å². The van der Waals surface area contributed by atoms with Crippen molar-refractivity contribution in [2.45, 2.75) is 16.4 Å². The molecule has 0 aliphatic heterocycles. The molecule has 0 rings (SSSR count). The molecule has 1 heteroatoms. The molecule has 0 aromatic heterocycles. The van der Waals surface area contributed by atoms with Gasteiger partial charge in [0.2, 0.25) is 0 Å². The standard InChI is InChI=1S/3CH3.Ga/h3*1H3;/i;;;1-67. The first-order chi connectivity index (χ1) is 1.73. The van der Waals surface area contributed by atoms with Gasteiger partial charge in [-0.25, -0.2) is 0 Å². The van der Waals surface area contributed by atoms with E-state index < -0.39 is 16.2 Å². The predicted molar refractivity (Wildman–Crippen MR) is 23.3 cm³/mol. The van der Waals surface area contributed by atoms with Crippen molar-refractivity contribution >= 4 is 16.2 Å². The van der Waals surface area contributed by atoms with Crippen LogP contribution in [0.4, 0.5) is 0 Å². The van der Waals surface area contributed by atoms with Crippen molar-refractivity contribution in [1.82, 2.24) is 0 Å². The minimum absolute atomic E-state index is 0.479. The molecule has 0 radical (unpaired) electrons. The van der Waals surface area contributed by atoms with E-state index in [-0.39, 0.29) is 0 Å². The Balaban J connectivity index is 2.32. The Morgan fingerprint density at radius 1 is 1.00 bits per heavy atom. The second-order valence-corrected chi connectivity index (χ2v) is 9.00. The van der Waals surface area contributed by atoms with Crippen molar-refractivity contribution in [3.8, 4) is 0 Å². The molecule has 24 valence electrons. The number of hydrogen-bond donors (Lipinski definition) is 0. The molecule has 0 spiro atoms. The van der Waals surface area contributed by atoms with Crippen LogP contribution in [0.5, 0.6) is 0 Å². The molecule has 0 unspecified atom stereocenters. The van der Waals surface area contributed by atoms with E-state index >= 15 is 0 Å². The van der Waals surface area contributed by atoms with E-state index in [1.54, 1.807) is 0 Å². The van der Waals surface area contributed by atoms with Crippen molar-refractivity contribution in [3.63, 3.8) is 0 Å². The van der Waals surface area contributed by atoms with Gasteiger partial charge in [-0.05, 0) is 0 Å². The summed E-state index contributed by atoms with van der Waals surface area (Å²) in [5.41, 5.74) is 7.06. The second kappa shape index (κ2) is 1.91. The fraction of sp³-hybridized carbons (Fsp3) is 1.00. The van der Waals surface area contributed by atoms with Crippen LogP contribution in [0.1, 0.15) is 0 Å². The zero-order valence-electron chi connectivity index (χ0n) is 3.58. The molecule has 0 aromatic rings. The van der Waals surface area contributed by atoms with Crippen LogP contribution in [-0.2, 0) is 0 Å². The van der Waals surface area contributed by atoms with Crippen LogP contribution in [0, 0.1) is 0 Å². The van der Waals surface area contributed by atoms with Crippen molar-refractivity contribution in [3.05, 3.63) is 0 Å². The van der Waals surface area contributed by atoms with Crippen LogP contribution in [0.25, 0.3) is 0 Å². The average molecular weight is 48.1 g/mol. The van der Waals surface area contributed by atoms with Gasteiger partial charge >= 0.3 is 32.7 Å². The molecule has 0 nitrogen and oxygen atoms in total. The molecule has 0 bridgehead atoms. The molecular weight excluding hydrogens is 39.0 g/mol. The van der Waals surface area contributed by atoms with E-state index in [0.29, 0.717) is 0 Å². The third-order valence-corrected chi connectivity index (χ3v) is 0. The van der Waals surface area contributed by atoms with E-state index in [1.807, 2.05) is 0 Å². The third kappa shape index (κ3) is 17.4. The van der Waals surface area contributed by atoms with E-state index in [1.165, 1.54) is 0 Å². The summed E-state index contributed by atoms with van der Waals surface area (Å²) < 4.78 is 0. The summed E-state index contributed by atoms with van der Waals surface area (Å²) in [6.45, 7) is 0. The van der Waals surface area contributed by atoms with Crippen LogP contribution < -0.4 is 0 Å². The number of rotatable bonds is 0. The summed E-state index contributed by atoms with van der Waals surface area (Å²) in [5.74, 6) is 0. The van der Waals surface area contributed by atoms with E-state index in [0.717, 1.165) is 0 Å². The topological polar surface area (TPSA) is 0 Å². The summed E-state index contributed by atoms with van der Waals surface area (Å²) in [6, 6.07) is 0. The van der Waals surface area contributed by atoms with Crippen molar-refractivity contribution in [2.24, 2.45) is 0 Å². The van der Waals surface area contributed by atoms with E-state index in [4.69, 9.17) is 0 Å². The molecule has 0 amide bonds. The van der Waals surface area contributed by atoms with Gasteiger partial charge in [-0.15, -0.1) is 0 Å².